The van der Waals surface area contributed by atoms with E-state index in [0.29, 0.717) is 18.3 Å². The molecule has 1 rings (SSSR count). The van der Waals surface area contributed by atoms with Gasteiger partial charge in [-0.1, -0.05) is 20.3 Å². The van der Waals surface area contributed by atoms with Gasteiger partial charge in [0.25, 0.3) is 0 Å². The number of rotatable bonds is 6. The molecule has 0 saturated heterocycles. The standard InChI is InChI=1S/C14H26ClNO/c1-3-4-10-16(11-9-15)14(17)13-7-5-12(2)6-8-13/h12-13H,3-11H2,1-2H3. The Morgan fingerprint density at radius 2 is 1.88 bits per heavy atom. The molecule has 3 heteroatoms. The van der Waals surface area contributed by atoms with Gasteiger partial charge in [0, 0.05) is 24.9 Å². The van der Waals surface area contributed by atoms with Crippen LogP contribution in [0.2, 0.25) is 0 Å². The van der Waals surface area contributed by atoms with E-state index >= 15 is 0 Å². The van der Waals surface area contributed by atoms with Crippen LogP contribution in [0.15, 0.2) is 0 Å². The molecule has 17 heavy (non-hydrogen) atoms. The van der Waals surface area contributed by atoms with Gasteiger partial charge in [-0.15, -0.1) is 11.6 Å². The maximum absolute atomic E-state index is 12.4. The Balaban J connectivity index is 2.45. The van der Waals surface area contributed by atoms with E-state index in [9.17, 15) is 4.79 Å². The van der Waals surface area contributed by atoms with Gasteiger partial charge in [0.2, 0.25) is 5.91 Å². The molecule has 1 aliphatic carbocycles. The SMILES string of the molecule is CCCCN(CCCl)C(=O)C1CCC(C)CC1. The van der Waals surface area contributed by atoms with Crippen LogP contribution in [0.1, 0.15) is 52.4 Å². The van der Waals surface area contributed by atoms with E-state index in [1.165, 1.54) is 12.8 Å². The van der Waals surface area contributed by atoms with Gasteiger partial charge >= 0.3 is 0 Å². The Morgan fingerprint density at radius 1 is 1.24 bits per heavy atom. The Labute approximate surface area is 111 Å². The molecule has 0 bridgehead atoms. The lowest BCUT2D eigenvalue weighted by Crippen LogP contribution is -2.39. The lowest BCUT2D eigenvalue weighted by molar-refractivity contribution is -0.136. The summed E-state index contributed by atoms with van der Waals surface area (Å²) >= 11 is 5.79. The van der Waals surface area contributed by atoms with Crippen molar-refractivity contribution in [1.82, 2.24) is 4.90 Å². The first kappa shape index (κ1) is 14.8. The molecule has 0 atom stereocenters. The first-order valence-corrected chi connectivity index (χ1v) is 7.57. The molecule has 0 aromatic heterocycles. The summed E-state index contributed by atoms with van der Waals surface area (Å²) in [7, 11) is 0. The summed E-state index contributed by atoms with van der Waals surface area (Å²) in [5, 5.41) is 0. The summed E-state index contributed by atoms with van der Waals surface area (Å²) in [6, 6.07) is 0. The van der Waals surface area contributed by atoms with Gasteiger partial charge in [0.05, 0.1) is 0 Å². The fraction of sp³-hybridized carbons (Fsp3) is 0.929. The molecule has 2 nitrogen and oxygen atoms in total. The van der Waals surface area contributed by atoms with Crippen LogP contribution < -0.4 is 0 Å². The van der Waals surface area contributed by atoms with Gasteiger partial charge < -0.3 is 4.90 Å². The van der Waals surface area contributed by atoms with E-state index in [2.05, 4.69) is 13.8 Å². The van der Waals surface area contributed by atoms with Crippen LogP contribution in [-0.4, -0.2) is 29.8 Å². The molecule has 0 spiro atoms. The first-order valence-electron chi connectivity index (χ1n) is 7.03. The summed E-state index contributed by atoms with van der Waals surface area (Å²) in [5.41, 5.74) is 0. The Morgan fingerprint density at radius 3 is 2.41 bits per heavy atom. The Hall–Kier alpha value is -0.240. The Kier molecular flexibility index (Phi) is 6.94. The second-order valence-corrected chi connectivity index (χ2v) is 5.70. The molecule has 0 aromatic carbocycles. The minimum atomic E-state index is 0.270. The van der Waals surface area contributed by atoms with Crippen molar-refractivity contribution in [2.75, 3.05) is 19.0 Å². The quantitative estimate of drug-likeness (QED) is 0.667. The largest absolute Gasteiger partial charge is 0.341 e. The van der Waals surface area contributed by atoms with E-state index in [-0.39, 0.29) is 5.92 Å². The third-order valence-corrected chi connectivity index (χ3v) is 3.98. The number of carbonyl (C=O) groups excluding carboxylic acids is 1. The molecular formula is C14H26ClNO. The number of hydrogen-bond acceptors (Lipinski definition) is 1. The zero-order chi connectivity index (χ0) is 12.7. The number of alkyl halides is 1. The highest BCUT2D eigenvalue weighted by Crippen LogP contribution is 2.29. The van der Waals surface area contributed by atoms with Crippen molar-refractivity contribution in [3.05, 3.63) is 0 Å². The minimum Gasteiger partial charge on any atom is -0.341 e. The van der Waals surface area contributed by atoms with E-state index in [4.69, 9.17) is 11.6 Å². The molecule has 0 aliphatic heterocycles. The third kappa shape index (κ3) is 4.87. The van der Waals surface area contributed by atoms with Crippen molar-refractivity contribution in [3.8, 4) is 0 Å². The smallest absolute Gasteiger partial charge is 0.225 e. The summed E-state index contributed by atoms with van der Waals surface area (Å²) in [6.07, 6.45) is 6.78. The monoisotopic (exact) mass is 259 g/mol. The second kappa shape index (κ2) is 7.97. The summed E-state index contributed by atoms with van der Waals surface area (Å²) in [4.78, 5) is 14.4. The molecule has 0 aromatic rings. The predicted molar refractivity (Wildman–Crippen MR) is 73.3 cm³/mol. The van der Waals surface area contributed by atoms with E-state index < -0.39 is 0 Å². The van der Waals surface area contributed by atoms with E-state index in [0.717, 1.165) is 38.1 Å². The Bertz CT molecular complexity index is 224. The number of hydrogen-bond donors (Lipinski definition) is 0. The molecule has 1 saturated carbocycles. The van der Waals surface area contributed by atoms with Crippen LogP contribution in [-0.2, 0) is 4.79 Å². The highest BCUT2D eigenvalue weighted by atomic mass is 35.5. The predicted octanol–water partition coefficient (Wildman–Crippen LogP) is 3.68. The minimum absolute atomic E-state index is 0.270. The lowest BCUT2D eigenvalue weighted by atomic mass is 9.82. The number of halogens is 1. The maximum Gasteiger partial charge on any atom is 0.225 e. The topological polar surface area (TPSA) is 20.3 Å². The zero-order valence-electron chi connectivity index (χ0n) is 11.3. The molecule has 0 heterocycles. The normalized spacial score (nSPS) is 24.6. The van der Waals surface area contributed by atoms with Crippen molar-refractivity contribution < 1.29 is 4.79 Å². The van der Waals surface area contributed by atoms with Crippen molar-refractivity contribution in [2.45, 2.75) is 52.4 Å². The van der Waals surface area contributed by atoms with Crippen molar-refractivity contribution in [2.24, 2.45) is 11.8 Å². The summed E-state index contributed by atoms with van der Waals surface area (Å²) in [6.45, 7) is 6.04. The molecular weight excluding hydrogens is 234 g/mol. The molecule has 1 fully saturated rings. The average molecular weight is 260 g/mol. The molecule has 1 aliphatic rings. The van der Waals surface area contributed by atoms with Gasteiger partial charge in [0.15, 0.2) is 0 Å². The molecule has 0 N–H and O–H groups in total. The fourth-order valence-corrected chi connectivity index (χ4v) is 2.75. The highest BCUT2D eigenvalue weighted by Gasteiger charge is 2.27. The molecule has 0 unspecified atom stereocenters. The summed E-state index contributed by atoms with van der Waals surface area (Å²) in [5.74, 6) is 1.98. The fourth-order valence-electron chi connectivity index (χ4n) is 2.55. The van der Waals surface area contributed by atoms with Crippen LogP contribution in [0, 0.1) is 11.8 Å². The van der Waals surface area contributed by atoms with Gasteiger partial charge in [-0.05, 0) is 38.0 Å². The number of unbranched alkanes of at least 4 members (excludes halogenated alkanes) is 1. The average Bonchev–Trinajstić information content (AvgIpc) is 2.34. The van der Waals surface area contributed by atoms with Crippen molar-refractivity contribution in [3.63, 3.8) is 0 Å². The zero-order valence-corrected chi connectivity index (χ0v) is 12.0. The van der Waals surface area contributed by atoms with Gasteiger partial charge in [-0.25, -0.2) is 0 Å². The maximum atomic E-state index is 12.4. The molecule has 100 valence electrons. The van der Waals surface area contributed by atoms with Gasteiger partial charge in [-0.3, -0.25) is 4.79 Å². The van der Waals surface area contributed by atoms with Crippen molar-refractivity contribution >= 4 is 17.5 Å². The number of nitrogens with zero attached hydrogens (tertiary/aromatic N) is 1. The van der Waals surface area contributed by atoms with Crippen LogP contribution in [0.25, 0.3) is 0 Å². The highest BCUT2D eigenvalue weighted by molar-refractivity contribution is 6.18. The van der Waals surface area contributed by atoms with Gasteiger partial charge in [0.1, 0.15) is 0 Å². The van der Waals surface area contributed by atoms with Crippen LogP contribution in [0.4, 0.5) is 0 Å². The first-order chi connectivity index (χ1) is 8.19. The van der Waals surface area contributed by atoms with Crippen LogP contribution >= 0.6 is 11.6 Å². The van der Waals surface area contributed by atoms with E-state index in [1.807, 2.05) is 4.90 Å². The van der Waals surface area contributed by atoms with E-state index in [1.54, 1.807) is 0 Å². The van der Waals surface area contributed by atoms with Crippen LogP contribution in [0.3, 0.4) is 0 Å². The lowest BCUT2D eigenvalue weighted by Gasteiger charge is -2.30. The third-order valence-electron chi connectivity index (χ3n) is 3.81. The van der Waals surface area contributed by atoms with Crippen molar-refractivity contribution in [1.29, 1.82) is 0 Å². The van der Waals surface area contributed by atoms with Crippen LogP contribution in [0.5, 0.6) is 0 Å². The second-order valence-electron chi connectivity index (χ2n) is 5.32. The molecule has 0 radical (unpaired) electrons. The van der Waals surface area contributed by atoms with Gasteiger partial charge in [-0.2, -0.15) is 0 Å². The number of amides is 1. The summed E-state index contributed by atoms with van der Waals surface area (Å²) < 4.78 is 0. The number of carbonyl (C=O) groups is 1. The molecule has 1 amide bonds.